The molecule has 98 valence electrons. The van der Waals surface area contributed by atoms with E-state index < -0.39 is 0 Å². The third-order valence-electron chi connectivity index (χ3n) is 3.09. The molecule has 0 atom stereocenters. The van der Waals surface area contributed by atoms with Gasteiger partial charge in [0.1, 0.15) is 0 Å². The summed E-state index contributed by atoms with van der Waals surface area (Å²) in [5, 5.41) is 0. The lowest BCUT2D eigenvalue weighted by Crippen LogP contribution is -2.27. The highest BCUT2D eigenvalue weighted by Crippen LogP contribution is 2.22. The molecule has 0 heterocycles. The molecule has 2 rings (SSSR count). The van der Waals surface area contributed by atoms with Crippen LogP contribution >= 0.6 is 0 Å². The Balaban J connectivity index is 2.17. The minimum absolute atomic E-state index is 0.0370. The van der Waals surface area contributed by atoms with Crippen LogP contribution in [0.25, 0.3) is 11.1 Å². The van der Waals surface area contributed by atoms with Crippen LogP contribution in [0.15, 0.2) is 54.6 Å². The fourth-order valence-electron chi connectivity index (χ4n) is 1.94. The van der Waals surface area contributed by atoms with Crippen LogP contribution in [-0.4, -0.2) is 19.5 Å². The lowest BCUT2D eigenvalue weighted by atomic mass is 10.1. The van der Waals surface area contributed by atoms with Crippen molar-refractivity contribution < 1.29 is 4.79 Å². The first-order chi connectivity index (χ1) is 9.22. The minimum atomic E-state index is 0.0370. The number of nitrogens with zero attached hydrogens (tertiary/aromatic N) is 1. The monoisotopic (exact) mass is 254 g/mol. The molecule has 2 aromatic carbocycles. The minimum Gasteiger partial charge on any atom is -0.330 e. The Labute approximate surface area is 113 Å². The Kier molecular flexibility index (Phi) is 4.31. The van der Waals surface area contributed by atoms with Gasteiger partial charge in [0.05, 0.1) is 0 Å². The largest absolute Gasteiger partial charge is 0.330 e. The van der Waals surface area contributed by atoms with Crippen molar-refractivity contribution in [2.24, 2.45) is 5.73 Å². The summed E-state index contributed by atoms with van der Waals surface area (Å²) < 4.78 is 0. The Hall–Kier alpha value is -2.13. The lowest BCUT2D eigenvalue weighted by molar-refractivity contribution is -0.118. The summed E-state index contributed by atoms with van der Waals surface area (Å²) in [5.41, 5.74) is 8.60. The van der Waals surface area contributed by atoms with E-state index in [2.05, 4.69) is 12.1 Å². The molecule has 0 spiro atoms. The van der Waals surface area contributed by atoms with E-state index in [0.717, 1.165) is 11.3 Å². The van der Waals surface area contributed by atoms with Crippen molar-refractivity contribution in [3.8, 4) is 11.1 Å². The Morgan fingerprint density at radius 1 is 1.00 bits per heavy atom. The molecule has 0 unspecified atom stereocenters. The molecule has 2 aromatic rings. The van der Waals surface area contributed by atoms with Crippen LogP contribution in [-0.2, 0) is 4.79 Å². The Morgan fingerprint density at radius 3 is 2.16 bits per heavy atom. The summed E-state index contributed by atoms with van der Waals surface area (Å²) in [6, 6.07) is 18.1. The molecule has 0 aliphatic carbocycles. The second-order valence-electron chi connectivity index (χ2n) is 4.40. The Morgan fingerprint density at radius 2 is 1.58 bits per heavy atom. The summed E-state index contributed by atoms with van der Waals surface area (Å²) in [7, 11) is 1.77. The van der Waals surface area contributed by atoms with Gasteiger partial charge in [0.15, 0.2) is 0 Å². The standard InChI is InChI=1S/C16H18N2O/c1-18(16(19)11-12-17)15-9-7-14(8-10-15)13-5-3-2-4-6-13/h2-10H,11-12,17H2,1H3. The van der Waals surface area contributed by atoms with E-state index in [-0.39, 0.29) is 5.91 Å². The number of hydrogen-bond donors (Lipinski definition) is 1. The predicted octanol–water partition coefficient (Wildman–Crippen LogP) is 2.67. The van der Waals surface area contributed by atoms with Gasteiger partial charge in [0, 0.05) is 25.7 Å². The number of rotatable bonds is 4. The van der Waals surface area contributed by atoms with E-state index in [9.17, 15) is 4.79 Å². The van der Waals surface area contributed by atoms with Crippen molar-refractivity contribution in [2.45, 2.75) is 6.42 Å². The van der Waals surface area contributed by atoms with Crippen LogP contribution in [0.1, 0.15) is 6.42 Å². The number of carbonyl (C=O) groups excluding carboxylic acids is 1. The summed E-state index contributed by atoms with van der Waals surface area (Å²) in [6.45, 7) is 0.380. The second kappa shape index (κ2) is 6.16. The second-order valence-corrected chi connectivity index (χ2v) is 4.40. The molecule has 0 saturated carbocycles. The van der Waals surface area contributed by atoms with Crippen LogP contribution in [0.4, 0.5) is 5.69 Å². The van der Waals surface area contributed by atoms with Gasteiger partial charge in [-0.15, -0.1) is 0 Å². The topological polar surface area (TPSA) is 46.3 Å². The van der Waals surface area contributed by atoms with Gasteiger partial charge >= 0.3 is 0 Å². The normalized spacial score (nSPS) is 10.2. The summed E-state index contributed by atoms with van der Waals surface area (Å²) in [4.78, 5) is 13.4. The average molecular weight is 254 g/mol. The van der Waals surface area contributed by atoms with Gasteiger partial charge in [0.2, 0.25) is 5.91 Å². The van der Waals surface area contributed by atoms with E-state index >= 15 is 0 Å². The summed E-state index contributed by atoms with van der Waals surface area (Å²) in [5.74, 6) is 0.0370. The molecule has 0 bridgehead atoms. The van der Waals surface area contributed by atoms with Crippen molar-refractivity contribution in [1.29, 1.82) is 0 Å². The zero-order chi connectivity index (χ0) is 13.7. The van der Waals surface area contributed by atoms with E-state index in [0.29, 0.717) is 13.0 Å². The van der Waals surface area contributed by atoms with Gasteiger partial charge in [-0.1, -0.05) is 42.5 Å². The van der Waals surface area contributed by atoms with Crippen LogP contribution in [0.3, 0.4) is 0 Å². The van der Waals surface area contributed by atoms with Crippen molar-refractivity contribution in [1.82, 2.24) is 0 Å². The lowest BCUT2D eigenvalue weighted by Gasteiger charge is -2.17. The maximum atomic E-state index is 11.7. The van der Waals surface area contributed by atoms with Crippen LogP contribution in [0, 0.1) is 0 Å². The molecular weight excluding hydrogens is 236 g/mol. The van der Waals surface area contributed by atoms with Crippen LogP contribution in [0.5, 0.6) is 0 Å². The first-order valence-corrected chi connectivity index (χ1v) is 6.34. The van der Waals surface area contributed by atoms with E-state index in [1.165, 1.54) is 5.56 Å². The molecule has 0 aromatic heterocycles. The highest BCUT2D eigenvalue weighted by Gasteiger charge is 2.09. The van der Waals surface area contributed by atoms with Crippen molar-refractivity contribution >= 4 is 11.6 Å². The van der Waals surface area contributed by atoms with E-state index in [4.69, 9.17) is 5.73 Å². The number of carbonyl (C=O) groups is 1. The Bertz CT molecular complexity index is 534. The average Bonchev–Trinajstić information content (AvgIpc) is 2.48. The van der Waals surface area contributed by atoms with Crippen molar-refractivity contribution in [3.63, 3.8) is 0 Å². The number of benzene rings is 2. The van der Waals surface area contributed by atoms with Crippen LogP contribution < -0.4 is 10.6 Å². The zero-order valence-corrected chi connectivity index (χ0v) is 11.0. The maximum absolute atomic E-state index is 11.7. The molecule has 2 N–H and O–H groups in total. The van der Waals surface area contributed by atoms with Gasteiger partial charge in [-0.05, 0) is 23.3 Å². The van der Waals surface area contributed by atoms with E-state index in [1.54, 1.807) is 11.9 Å². The molecule has 3 nitrogen and oxygen atoms in total. The van der Waals surface area contributed by atoms with Gasteiger partial charge in [0.25, 0.3) is 0 Å². The molecule has 1 amide bonds. The smallest absolute Gasteiger partial charge is 0.227 e. The SMILES string of the molecule is CN(C(=O)CCN)c1ccc(-c2ccccc2)cc1. The molecular formula is C16H18N2O. The number of anilines is 1. The van der Waals surface area contributed by atoms with Crippen molar-refractivity contribution in [2.75, 3.05) is 18.5 Å². The van der Waals surface area contributed by atoms with Crippen LogP contribution in [0.2, 0.25) is 0 Å². The first kappa shape index (κ1) is 13.3. The number of nitrogens with two attached hydrogens (primary N) is 1. The summed E-state index contributed by atoms with van der Waals surface area (Å²) >= 11 is 0. The quantitative estimate of drug-likeness (QED) is 0.911. The van der Waals surface area contributed by atoms with Crippen molar-refractivity contribution in [3.05, 3.63) is 54.6 Å². The third kappa shape index (κ3) is 3.20. The fraction of sp³-hybridized carbons (Fsp3) is 0.188. The van der Waals surface area contributed by atoms with Gasteiger partial charge in [-0.3, -0.25) is 4.79 Å². The number of amides is 1. The molecule has 0 saturated heterocycles. The highest BCUT2D eigenvalue weighted by molar-refractivity contribution is 5.93. The summed E-state index contributed by atoms with van der Waals surface area (Å²) in [6.07, 6.45) is 0.372. The highest BCUT2D eigenvalue weighted by atomic mass is 16.2. The van der Waals surface area contributed by atoms with Gasteiger partial charge in [-0.2, -0.15) is 0 Å². The number of hydrogen-bond acceptors (Lipinski definition) is 2. The third-order valence-corrected chi connectivity index (χ3v) is 3.09. The van der Waals surface area contributed by atoms with E-state index in [1.807, 2.05) is 42.5 Å². The first-order valence-electron chi connectivity index (χ1n) is 6.34. The van der Waals surface area contributed by atoms with Gasteiger partial charge in [-0.25, -0.2) is 0 Å². The van der Waals surface area contributed by atoms with Gasteiger partial charge < -0.3 is 10.6 Å². The molecule has 19 heavy (non-hydrogen) atoms. The zero-order valence-electron chi connectivity index (χ0n) is 11.0. The molecule has 0 aliphatic rings. The molecule has 3 heteroatoms. The fourth-order valence-corrected chi connectivity index (χ4v) is 1.94. The molecule has 0 aliphatic heterocycles. The maximum Gasteiger partial charge on any atom is 0.227 e. The molecule has 0 radical (unpaired) electrons. The molecule has 0 fully saturated rings. The predicted molar refractivity (Wildman–Crippen MR) is 79.0 cm³/mol.